The summed E-state index contributed by atoms with van der Waals surface area (Å²) in [5.74, 6) is 2.11. The van der Waals surface area contributed by atoms with Crippen molar-refractivity contribution in [3.8, 4) is 40.5 Å². The highest BCUT2D eigenvalue weighted by molar-refractivity contribution is 6.32. The molecular formula is C46H50ClN5O4. The Morgan fingerprint density at radius 2 is 1.71 bits per heavy atom. The second kappa shape index (κ2) is 18.3. The van der Waals surface area contributed by atoms with Crippen LogP contribution in [-0.4, -0.2) is 49.1 Å². The summed E-state index contributed by atoms with van der Waals surface area (Å²) in [4.78, 5) is 14.3. The van der Waals surface area contributed by atoms with Crippen LogP contribution in [0.15, 0.2) is 66.7 Å². The van der Waals surface area contributed by atoms with Gasteiger partial charge in [-0.15, -0.1) is 0 Å². The van der Waals surface area contributed by atoms with Crippen LogP contribution in [0.3, 0.4) is 0 Å². The van der Waals surface area contributed by atoms with Gasteiger partial charge in [-0.1, -0.05) is 48.4 Å². The molecule has 4 aromatic carbocycles. The summed E-state index contributed by atoms with van der Waals surface area (Å²) in [7, 11) is 0. The van der Waals surface area contributed by atoms with Gasteiger partial charge >= 0.3 is 0 Å². The lowest BCUT2D eigenvalue weighted by Crippen LogP contribution is -2.38. The average molecular weight is 772 g/mol. The maximum absolute atomic E-state index is 11.7. The molecule has 3 atom stereocenters. The van der Waals surface area contributed by atoms with Crippen LogP contribution in [0.1, 0.15) is 96.9 Å². The van der Waals surface area contributed by atoms with Crippen LogP contribution >= 0.6 is 11.6 Å². The first-order valence-corrected chi connectivity index (χ1v) is 20.3. The molecule has 0 unspecified atom stereocenters. The number of halogens is 1. The Labute approximate surface area is 335 Å². The first kappa shape index (κ1) is 39.2. The van der Waals surface area contributed by atoms with Crippen LogP contribution in [-0.2, 0) is 24.4 Å². The van der Waals surface area contributed by atoms with E-state index in [1.54, 1.807) is 18.2 Å². The predicted octanol–water partition coefficient (Wildman–Crippen LogP) is 8.72. The highest BCUT2D eigenvalue weighted by atomic mass is 35.5. The molecule has 0 saturated carbocycles. The summed E-state index contributed by atoms with van der Waals surface area (Å²) >= 11 is 6.94. The van der Waals surface area contributed by atoms with Gasteiger partial charge in [-0.2, -0.15) is 10.5 Å². The molecule has 2 fully saturated rings. The van der Waals surface area contributed by atoms with E-state index in [-0.39, 0.29) is 24.7 Å². The van der Waals surface area contributed by atoms with Crippen molar-refractivity contribution in [1.82, 2.24) is 15.5 Å². The fraction of sp³-hybridized carbons (Fsp3) is 0.413. The molecule has 0 radical (unpaired) electrons. The number of ether oxygens (including phenoxy) is 3. The fourth-order valence-corrected chi connectivity index (χ4v) is 8.59. The van der Waals surface area contributed by atoms with E-state index >= 15 is 0 Å². The first-order valence-electron chi connectivity index (χ1n) is 19.9. The maximum Gasteiger partial charge on any atom is 0.220 e. The van der Waals surface area contributed by atoms with Crippen molar-refractivity contribution in [2.45, 2.75) is 96.6 Å². The average Bonchev–Trinajstić information content (AvgIpc) is 3.83. The number of nitrogens with zero attached hydrogens (tertiary/aromatic N) is 3. The van der Waals surface area contributed by atoms with Crippen LogP contribution in [0, 0.1) is 29.6 Å². The molecule has 9 nitrogen and oxygen atoms in total. The van der Waals surface area contributed by atoms with E-state index in [0.29, 0.717) is 65.4 Å². The molecule has 2 heterocycles. The summed E-state index contributed by atoms with van der Waals surface area (Å²) in [5.41, 5.74) is 8.26. The van der Waals surface area contributed by atoms with Crippen molar-refractivity contribution in [3.63, 3.8) is 0 Å². The van der Waals surface area contributed by atoms with Crippen LogP contribution < -0.4 is 24.8 Å². The third-order valence-corrected chi connectivity index (χ3v) is 11.7. The number of carbonyl (C=O) groups excluding carboxylic acids is 1. The normalized spacial score (nSPS) is 19.2. The number of benzene rings is 4. The number of hydrogen-bond donors (Lipinski definition) is 2. The highest BCUT2D eigenvalue weighted by Gasteiger charge is 2.29. The molecule has 0 spiro atoms. The Morgan fingerprint density at radius 3 is 2.48 bits per heavy atom. The molecule has 7 rings (SSSR count). The van der Waals surface area contributed by atoms with Gasteiger partial charge in [0.25, 0.3) is 0 Å². The van der Waals surface area contributed by atoms with E-state index in [1.807, 2.05) is 12.1 Å². The van der Waals surface area contributed by atoms with Gasteiger partial charge in [-0.3, -0.25) is 4.79 Å². The topological polar surface area (TPSA) is 120 Å². The molecule has 2 saturated heterocycles. The molecule has 1 aliphatic carbocycles. The van der Waals surface area contributed by atoms with Gasteiger partial charge in [-0.25, -0.2) is 0 Å². The van der Waals surface area contributed by atoms with E-state index in [9.17, 15) is 15.3 Å². The quantitative estimate of drug-likeness (QED) is 0.115. The molecule has 56 heavy (non-hydrogen) atoms. The number of hydrogen-bond acceptors (Lipinski definition) is 8. The number of nitrogens with one attached hydrogen (secondary N) is 2. The zero-order chi connectivity index (χ0) is 39.0. The number of fused-ring (bicyclic) bond motifs is 1. The lowest BCUT2D eigenvalue weighted by atomic mass is 9.93. The van der Waals surface area contributed by atoms with Crippen molar-refractivity contribution in [1.29, 1.82) is 10.5 Å². The molecule has 290 valence electrons. The number of likely N-dealkylation sites (tertiary alicyclic amines) is 1. The van der Waals surface area contributed by atoms with Crippen molar-refractivity contribution in [3.05, 3.63) is 111 Å². The number of nitriles is 2. The Balaban J connectivity index is 1.07. The molecule has 2 aliphatic heterocycles. The van der Waals surface area contributed by atoms with Gasteiger partial charge in [0.15, 0.2) is 0 Å². The van der Waals surface area contributed by atoms with Crippen molar-refractivity contribution in [2.75, 3.05) is 26.2 Å². The van der Waals surface area contributed by atoms with Crippen molar-refractivity contribution in [2.24, 2.45) is 0 Å². The summed E-state index contributed by atoms with van der Waals surface area (Å²) in [5, 5.41) is 25.9. The van der Waals surface area contributed by atoms with Crippen LogP contribution in [0.4, 0.5) is 0 Å². The van der Waals surface area contributed by atoms with E-state index in [2.05, 4.69) is 77.9 Å². The summed E-state index contributed by atoms with van der Waals surface area (Å²) in [6, 6.07) is 26.5. The molecular weight excluding hydrogens is 722 g/mol. The van der Waals surface area contributed by atoms with Crippen LogP contribution in [0.25, 0.3) is 11.1 Å². The number of carbonyl (C=O) groups is 1. The SMILES string of the molecule is Cc1c(OCCCN2CCCC[C@@H]2C)cccc1-c1cccc2c1CC[C@@H]2Oc1cc(OCc2cc(C#N)cc(C#N)c2)c(CNC[C@@H]2CCC(=O)N2)cc1Cl. The number of piperidine rings is 1. The molecule has 4 aromatic rings. The van der Waals surface area contributed by atoms with Gasteiger partial charge in [0.2, 0.25) is 5.91 Å². The molecule has 10 heteroatoms. The van der Waals surface area contributed by atoms with Crippen molar-refractivity contribution < 1.29 is 19.0 Å². The van der Waals surface area contributed by atoms with Gasteiger partial charge in [-0.05, 0) is 123 Å². The van der Waals surface area contributed by atoms with Crippen LogP contribution in [0.5, 0.6) is 17.2 Å². The third kappa shape index (κ3) is 9.31. The standard InChI is InChI=1S/C46H50ClN5O4/c1-30-8-3-4-17-52(30)18-7-19-54-42-12-6-9-37(31(42)2)38-10-5-11-40-39(38)14-15-43(40)56-45-24-44(55-29-34-21-32(25-48)20-33(22-34)26-49)35(23-41(45)47)27-50-28-36-13-16-46(53)51-36/h5-6,9-12,20-24,30,36,43,50H,3-4,7-8,13-19,27-29H2,1-2H3,(H,51,53)/t30-,36-,43-/m0/s1. The molecule has 1 amide bonds. The summed E-state index contributed by atoms with van der Waals surface area (Å²) < 4.78 is 19.5. The zero-order valence-corrected chi connectivity index (χ0v) is 33.1. The minimum absolute atomic E-state index is 0.0728. The second-order valence-corrected chi connectivity index (χ2v) is 15.7. The van der Waals surface area contributed by atoms with E-state index < -0.39 is 0 Å². The van der Waals surface area contributed by atoms with Crippen molar-refractivity contribution >= 4 is 17.5 Å². The third-order valence-electron chi connectivity index (χ3n) is 11.4. The van der Waals surface area contributed by atoms with Gasteiger partial charge in [0.1, 0.15) is 30.0 Å². The number of amides is 1. The van der Waals surface area contributed by atoms with Crippen LogP contribution in [0.2, 0.25) is 5.02 Å². The zero-order valence-electron chi connectivity index (χ0n) is 32.3. The fourth-order valence-electron chi connectivity index (χ4n) is 8.36. The van der Waals surface area contributed by atoms with Gasteiger partial charge < -0.3 is 29.7 Å². The lowest BCUT2D eigenvalue weighted by molar-refractivity contribution is -0.119. The smallest absolute Gasteiger partial charge is 0.220 e. The largest absolute Gasteiger partial charge is 0.493 e. The van der Waals surface area contributed by atoms with E-state index in [1.165, 1.54) is 42.5 Å². The molecule has 0 aromatic heterocycles. The minimum Gasteiger partial charge on any atom is -0.493 e. The maximum atomic E-state index is 11.7. The Kier molecular flexibility index (Phi) is 12.8. The molecule has 0 bridgehead atoms. The Hall–Kier alpha value is -5.06. The second-order valence-electron chi connectivity index (χ2n) is 15.3. The van der Waals surface area contributed by atoms with E-state index in [4.69, 9.17) is 25.8 Å². The highest BCUT2D eigenvalue weighted by Crippen LogP contribution is 2.44. The Morgan fingerprint density at radius 1 is 0.911 bits per heavy atom. The predicted molar refractivity (Wildman–Crippen MR) is 218 cm³/mol. The molecule has 3 aliphatic rings. The van der Waals surface area contributed by atoms with Gasteiger partial charge in [0.05, 0.1) is 34.9 Å². The van der Waals surface area contributed by atoms with Gasteiger partial charge in [0, 0.05) is 49.8 Å². The molecule has 2 N–H and O–H groups in total. The number of rotatable bonds is 15. The monoisotopic (exact) mass is 771 g/mol. The minimum atomic E-state index is -0.201. The summed E-state index contributed by atoms with van der Waals surface area (Å²) in [6.45, 7) is 8.67. The summed E-state index contributed by atoms with van der Waals surface area (Å²) in [6.07, 6.45) is 7.73. The van der Waals surface area contributed by atoms with E-state index in [0.717, 1.165) is 54.7 Å². The Bertz CT molecular complexity index is 2110. The lowest BCUT2D eigenvalue weighted by Gasteiger charge is -2.33. The first-order chi connectivity index (χ1) is 27.3.